The van der Waals surface area contributed by atoms with E-state index in [0.29, 0.717) is 0 Å². The topological polar surface area (TPSA) is 43.9 Å². The highest BCUT2D eigenvalue weighted by Crippen LogP contribution is 2.43. The van der Waals surface area contributed by atoms with Gasteiger partial charge in [-0.05, 0) is 85.8 Å². The lowest BCUT2D eigenvalue weighted by molar-refractivity contribution is 0.670. The lowest BCUT2D eigenvalue weighted by Gasteiger charge is -2.12. The molecule has 56 heavy (non-hydrogen) atoms. The van der Waals surface area contributed by atoms with Crippen molar-refractivity contribution >= 4 is 43.5 Å². The summed E-state index contributed by atoms with van der Waals surface area (Å²) in [5.74, 6) is 1.58. The summed E-state index contributed by atoms with van der Waals surface area (Å²) in [5, 5.41) is 16.5. The van der Waals surface area contributed by atoms with Crippen molar-refractivity contribution in [3.05, 3.63) is 200 Å². The van der Waals surface area contributed by atoms with Crippen LogP contribution in [0.2, 0.25) is 0 Å². The Morgan fingerprint density at radius 2 is 0.857 bits per heavy atom. The van der Waals surface area contributed by atoms with Crippen molar-refractivity contribution in [3.63, 3.8) is 0 Å². The zero-order valence-electron chi connectivity index (χ0n) is 30.3. The number of furan rings is 1. The van der Waals surface area contributed by atoms with Gasteiger partial charge in [0.1, 0.15) is 11.2 Å². The van der Waals surface area contributed by atoms with Gasteiger partial charge >= 0.3 is 0 Å². The van der Waals surface area contributed by atoms with Crippen molar-refractivity contribution in [1.29, 1.82) is 0 Å². The maximum atomic E-state index is 6.81. The fourth-order valence-electron chi connectivity index (χ4n) is 8.24. The second-order valence-corrected chi connectivity index (χ2v) is 14.2. The van der Waals surface area contributed by atoms with E-state index in [0.717, 1.165) is 72.7 Å². The van der Waals surface area contributed by atoms with Gasteiger partial charge in [0.2, 0.25) is 0 Å². The summed E-state index contributed by atoms with van der Waals surface area (Å²) in [6, 6.07) is 70.6. The predicted molar refractivity (Wildman–Crippen MR) is 231 cm³/mol. The Morgan fingerprint density at radius 3 is 1.54 bits per heavy atom. The molecule has 11 aromatic rings. The maximum absolute atomic E-state index is 6.81. The van der Waals surface area contributed by atoms with Crippen LogP contribution < -0.4 is 0 Å². The van der Waals surface area contributed by atoms with Crippen molar-refractivity contribution in [1.82, 2.24) is 14.8 Å². The van der Waals surface area contributed by atoms with Crippen LogP contribution >= 0.6 is 0 Å². The standard InChI is InChI=1S/C52H33N3O/c1-3-15-37(16-4-1)51-53-54-52(55(51)41-19-5-2-6-20-41)38-27-25-36(26-28-38)46-32-40(45-24-12-18-35-14-8-10-22-43(35)45)33-48-47-31-39(29-30-49(47)56-50(46)48)44-23-11-17-34-13-7-9-21-42(34)44/h1-33H. The van der Waals surface area contributed by atoms with Gasteiger partial charge in [-0.2, -0.15) is 0 Å². The number of nitrogens with zero attached hydrogens (tertiary/aromatic N) is 3. The van der Waals surface area contributed by atoms with Gasteiger partial charge in [-0.3, -0.25) is 4.57 Å². The van der Waals surface area contributed by atoms with E-state index in [9.17, 15) is 0 Å². The highest BCUT2D eigenvalue weighted by molar-refractivity contribution is 6.14. The molecule has 0 N–H and O–H groups in total. The summed E-state index contributed by atoms with van der Waals surface area (Å²) in [6.45, 7) is 0. The normalized spacial score (nSPS) is 11.6. The minimum Gasteiger partial charge on any atom is -0.455 e. The zero-order chi connectivity index (χ0) is 37.0. The van der Waals surface area contributed by atoms with Crippen molar-refractivity contribution in [2.24, 2.45) is 0 Å². The number of hydrogen-bond acceptors (Lipinski definition) is 3. The second-order valence-electron chi connectivity index (χ2n) is 14.2. The molecule has 0 spiro atoms. The third kappa shape index (κ3) is 5.31. The molecule has 11 rings (SSSR count). The number of fused-ring (bicyclic) bond motifs is 5. The zero-order valence-corrected chi connectivity index (χ0v) is 30.3. The van der Waals surface area contributed by atoms with Crippen LogP contribution in [0.3, 0.4) is 0 Å². The molecule has 0 aliphatic heterocycles. The number of benzene rings is 9. The number of rotatable bonds is 6. The third-order valence-electron chi connectivity index (χ3n) is 10.9. The molecule has 4 heteroatoms. The highest BCUT2D eigenvalue weighted by Gasteiger charge is 2.20. The van der Waals surface area contributed by atoms with E-state index in [4.69, 9.17) is 14.6 Å². The van der Waals surface area contributed by atoms with Crippen molar-refractivity contribution < 1.29 is 4.42 Å². The molecule has 0 saturated heterocycles. The Balaban J connectivity index is 1.10. The Morgan fingerprint density at radius 1 is 0.339 bits per heavy atom. The van der Waals surface area contributed by atoms with Crippen LogP contribution in [0.15, 0.2) is 205 Å². The van der Waals surface area contributed by atoms with Gasteiger partial charge in [0.25, 0.3) is 0 Å². The summed E-state index contributed by atoms with van der Waals surface area (Å²) >= 11 is 0. The Bertz CT molecular complexity index is 3220. The van der Waals surface area contributed by atoms with E-state index in [1.54, 1.807) is 0 Å². The van der Waals surface area contributed by atoms with Gasteiger partial charge in [-0.1, -0.05) is 164 Å². The number of aromatic nitrogens is 3. The molecule has 4 nitrogen and oxygen atoms in total. The average Bonchev–Trinajstić information content (AvgIpc) is 3.89. The first-order chi connectivity index (χ1) is 27.8. The quantitative estimate of drug-likeness (QED) is 0.172. The van der Waals surface area contributed by atoms with E-state index in [-0.39, 0.29) is 0 Å². The lowest BCUT2D eigenvalue weighted by atomic mass is 9.92. The minimum atomic E-state index is 0.779. The summed E-state index contributed by atoms with van der Waals surface area (Å²) in [4.78, 5) is 0. The minimum absolute atomic E-state index is 0.779. The number of para-hydroxylation sites is 1. The summed E-state index contributed by atoms with van der Waals surface area (Å²) in [6.07, 6.45) is 0. The van der Waals surface area contributed by atoms with E-state index in [1.165, 1.54) is 32.7 Å². The first-order valence-electron chi connectivity index (χ1n) is 18.9. The van der Waals surface area contributed by atoms with E-state index in [2.05, 4.69) is 168 Å². The van der Waals surface area contributed by atoms with E-state index < -0.39 is 0 Å². The van der Waals surface area contributed by atoms with Gasteiger partial charge in [0.15, 0.2) is 11.6 Å². The van der Waals surface area contributed by atoms with Crippen LogP contribution in [0.4, 0.5) is 0 Å². The van der Waals surface area contributed by atoms with Gasteiger partial charge in [0.05, 0.1) is 0 Å². The predicted octanol–water partition coefficient (Wildman–Crippen LogP) is 13.8. The lowest BCUT2D eigenvalue weighted by Crippen LogP contribution is -2.00. The van der Waals surface area contributed by atoms with Crippen LogP contribution in [0.1, 0.15) is 0 Å². The first-order valence-corrected chi connectivity index (χ1v) is 18.9. The molecule has 262 valence electrons. The molecule has 0 bridgehead atoms. The molecular formula is C52H33N3O. The molecule has 0 atom stereocenters. The summed E-state index contributed by atoms with van der Waals surface area (Å²) < 4.78 is 8.95. The van der Waals surface area contributed by atoms with Gasteiger partial charge < -0.3 is 4.42 Å². The Kier molecular flexibility index (Phi) is 7.46. The molecule has 0 amide bonds. The molecular weight excluding hydrogens is 683 g/mol. The molecule has 0 fully saturated rings. The second kappa shape index (κ2) is 13.1. The van der Waals surface area contributed by atoms with E-state index >= 15 is 0 Å². The largest absolute Gasteiger partial charge is 0.455 e. The molecule has 0 radical (unpaired) electrons. The molecule has 0 aliphatic carbocycles. The molecule has 0 unspecified atom stereocenters. The van der Waals surface area contributed by atoms with Gasteiger partial charge in [-0.15, -0.1) is 10.2 Å². The number of hydrogen-bond donors (Lipinski definition) is 0. The average molecular weight is 716 g/mol. The van der Waals surface area contributed by atoms with Crippen LogP contribution in [-0.2, 0) is 0 Å². The molecule has 9 aromatic carbocycles. The SMILES string of the molecule is c1ccc(-c2nnc(-c3ccc(-c4cc(-c5cccc6ccccc56)cc5c4oc4ccc(-c6cccc7ccccc67)cc45)cc3)n2-c2ccccc2)cc1. The highest BCUT2D eigenvalue weighted by atomic mass is 16.3. The van der Waals surface area contributed by atoms with Crippen LogP contribution in [-0.4, -0.2) is 14.8 Å². The molecule has 2 aromatic heterocycles. The summed E-state index contributed by atoms with van der Waals surface area (Å²) in [5.41, 5.74) is 11.5. The van der Waals surface area contributed by atoms with Crippen molar-refractivity contribution in [3.8, 4) is 61.8 Å². The Hall–Kier alpha value is -7.56. The van der Waals surface area contributed by atoms with Crippen LogP contribution in [0.5, 0.6) is 0 Å². The fourth-order valence-corrected chi connectivity index (χ4v) is 8.24. The van der Waals surface area contributed by atoms with E-state index in [1.807, 2.05) is 36.4 Å². The van der Waals surface area contributed by atoms with Gasteiger partial charge in [0, 0.05) is 33.2 Å². The summed E-state index contributed by atoms with van der Waals surface area (Å²) in [7, 11) is 0. The molecule has 0 aliphatic rings. The fraction of sp³-hybridized carbons (Fsp3) is 0. The van der Waals surface area contributed by atoms with Crippen LogP contribution in [0, 0.1) is 0 Å². The smallest absolute Gasteiger partial charge is 0.168 e. The monoisotopic (exact) mass is 715 g/mol. The van der Waals surface area contributed by atoms with Gasteiger partial charge in [-0.25, -0.2) is 0 Å². The van der Waals surface area contributed by atoms with Crippen molar-refractivity contribution in [2.75, 3.05) is 0 Å². The Labute approximate surface area is 323 Å². The molecule has 2 heterocycles. The van der Waals surface area contributed by atoms with Crippen molar-refractivity contribution in [2.45, 2.75) is 0 Å². The maximum Gasteiger partial charge on any atom is 0.168 e. The van der Waals surface area contributed by atoms with Crippen LogP contribution in [0.25, 0.3) is 105 Å². The first kappa shape index (κ1) is 31.9. The third-order valence-corrected chi connectivity index (χ3v) is 10.9. The molecule has 0 saturated carbocycles.